The molecule has 0 heterocycles. The van der Waals surface area contributed by atoms with Crippen molar-refractivity contribution in [2.24, 2.45) is 4.99 Å². The smallest absolute Gasteiger partial charge is 0.211 e. The number of nitrogens with zero attached hydrogens (tertiary/aromatic N) is 1. The summed E-state index contributed by atoms with van der Waals surface area (Å²) in [6.07, 6.45) is 1.58. The molecule has 0 saturated heterocycles. The standard InChI is InChI=1S/C10H11NO.C4H8/c1-10(2,11-8-12)9-6-4-3-5-7-9;1-4(2)3/h3-7H,1-2H3;1H2,2-3H3. The van der Waals surface area contributed by atoms with Crippen molar-refractivity contribution in [3.63, 3.8) is 0 Å². The van der Waals surface area contributed by atoms with E-state index in [0.29, 0.717) is 0 Å². The molecule has 16 heavy (non-hydrogen) atoms. The Balaban J connectivity index is 0.000000487. The van der Waals surface area contributed by atoms with Crippen LogP contribution in [0.2, 0.25) is 0 Å². The minimum Gasteiger partial charge on any atom is -0.211 e. The van der Waals surface area contributed by atoms with Gasteiger partial charge in [-0.15, -0.1) is 6.58 Å². The Morgan fingerprint density at radius 1 is 1.25 bits per heavy atom. The topological polar surface area (TPSA) is 29.4 Å². The second kappa shape index (κ2) is 6.76. The average Bonchev–Trinajstić information content (AvgIpc) is 2.18. The maximum Gasteiger partial charge on any atom is 0.235 e. The van der Waals surface area contributed by atoms with Gasteiger partial charge < -0.3 is 0 Å². The van der Waals surface area contributed by atoms with Gasteiger partial charge in [0, 0.05) is 0 Å². The average molecular weight is 217 g/mol. The molecule has 0 bridgehead atoms. The Kier molecular flexibility index (Phi) is 6.06. The number of aliphatic imine (C=N–C) groups is 1. The van der Waals surface area contributed by atoms with E-state index in [9.17, 15) is 4.79 Å². The lowest BCUT2D eigenvalue weighted by Crippen LogP contribution is -2.12. The molecule has 0 aliphatic carbocycles. The van der Waals surface area contributed by atoms with Crippen molar-refractivity contribution in [2.45, 2.75) is 33.2 Å². The van der Waals surface area contributed by atoms with Crippen molar-refractivity contribution in [2.75, 3.05) is 0 Å². The molecule has 2 heteroatoms. The third-order valence-corrected chi connectivity index (χ3v) is 1.81. The SMILES string of the molecule is C=C(C)C.CC(C)(N=C=O)c1ccccc1. The molecule has 0 saturated carbocycles. The number of rotatable bonds is 2. The second-order valence-electron chi connectivity index (χ2n) is 4.34. The summed E-state index contributed by atoms with van der Waals surface area (Å²) in [4.78, 5) is 13.8. The monoisotopic (exact) mass is 217 g/mol. The largest absolute Gasteiger partial charge is 0.235 e. The lowest BCUT2D eigenvalue weighted by Gasteiger charge is -2.16. The molecule has 0 aliphatic rings. The van der Waals surface area contributed by atoms with Crippen LogP contribution in [0.4, 0.5) is 0 Å². The number of hydrogen-bond donors (Lipinski definition) is 0. The Hall–Kier alpha value is -1.66. The van der Waals surface area contributed by atoms with Crippen LogP contribution in [0.15, 0.2) is 47.5 Å². The first-order valence-electron chi connectivity index (χ1n) is 5.17. The van der Waals surface area contributed by atoms with Crippen LogP contribution in [0.1, 0.15) is 33.3 Å². The highest BCUT2D eigenvalue weighted by atomic mass is 16.1. The predicted molar refractivity (Wildman–Crippen MR) is 68.1 cm³/mol. The molecular formula is C14H19NO. The summed E-state index contributed by atoms with van der Waals surface area (Å²) in [5.74, 6) is 0. The van der Waals surface area contributed by atoms with Crippen molar-refractivity contribution >= 4 is 6.08 Å². The molecular weight excluding hydrogens is 198 g/mol. The van der Waals surface area contributed by atoms with Crippen LogP contribution >= 0.6 is 0 Å². The van der Waals surface area contributed by atoms with E-state index in [-0.39, 0.29) is 0 Å². The molecule has 0 fully saturated rings. The number of benzene rings is 1. The fourth-order valence-electron chi connectivity index (χ4n) is 1.02. The van der Waals surface area contributed by atoms with Crippen molar-refractivity contribution in [3.8, 4) is 0 Å². The van der Waals surface area contributed by atoms with Gasteiger partial charge in [-0.25, -0.2) is 4.79 Å². The maximum absolute atomic E-state index is 10.1. The molecule has 1 aromatic carbocycles. The van der Waals surface area contributed by atoms with Gasteiger partial charge in [-0.3, -0.25) is 0 Å². The van der Waals surface area contributed by atoms with Crippen LogP contribution in [0.5, 0.6) is 0 Å². The number of carbonyl (C=O) groups excluding carboxylic acids is 1. The molecule has 86 valence electrons. The van der Waals surface area contributed by atoms with Crippen LogP contribution in [-0.4, -0.2) is 6.08 Å². The molecule has 0 spiro atoms. The summed E-state index contributed by atoms with van der Waals surface area (Å²) >= 11 is 0. The summed E-state index contributed by atoms with van der Waals surface area (Å²) < 4.78 is 0. The third-order valence-electron chi connectivity index (χ3n) is 1.81. The van der Waals surface area contributed by atoms with Crippen molar-refractivity contribution < 1.29 is 4.79 Å². The van der Waals surface area contributed by atoms with E-state index in [2.05, 4.69) is 11.6 Å². The maximum atomic E-state index is 10.1. The van der Waals surface area contributed by atoms with E-state index in [1.807, 2.05) is 58.0 Å². The summed E-state index contributed by atoms with van der Waals surface area (Å²) in [5.41, 5.74) is 1.73. The van der Waals surface area contributed by atoms with E-state index in [1.54, 1.807) is 6.08 Å². The van der Waals surface area contributed by atoms with Crippen molar-refractivity contribution in [1.29, 1.82) is 0 Å². The molecule has 2 nitrogen and oxygen atoms in total. The van der Waals surface area contributed by atoms with E-state index >= 15 is 0 Å². The van der Waals surface area contributed by atoms with Gasteiger partial charge in [-0.1, -0.05) is 35.9 Å². The highest BCUT2D eigenvalue weighted by Crippen LogP contribution is 2.23. The van der Waals surface area contributed by atoms with Crippen LogP contribution in [0, 0.1) is 0 Å². The number of isocyanates is 1. The molecule has 0 amide bonds. The van der Waals surface area contributed by atoms with E-state index in [1.165, 1.54) is 5.57 Å². The third kappa shape index (κ3) is 5.94. The molecule has 1 rings (SSSR count). The summed E-state index contributed by atoms with van der Waals surface area (Å²) in [6.45, 7) is 11.3. The quantitative estimate of drug-likeness (QED) is 0.420. The lowest BCUT2D eigenvalue weighted by atomic mass is 9.95. The fraction of sp³-hybridized carbons (Fsp3) is 0.357. The minimum absolute atomic E-state index is 0.455. The van der Waals surface area contributed by atoms with Crippen LogP contribution < -0.4 is 0 Å². The number of hydrogen-bond acceptors (Lipinski definition) is 2. The zero-order valence-electron chi connectivity index (χ0n) is 10.4. The van der Waals surface area contributed by atoms with Crippen molar-refractivity contribution in [3.05, 3.63) is 48.0 Å². The van der Waals surface area contributed by atoms with Crippen LogP contribution in [0.3, 0.4) is 0 Å². The Bertz CT molecular complexity index is 369. The molecule has 0 radical (unpaired) electrons. The van der Waals surface area contributed by atoms with Gasteiger partial charge in [-0.05, 0) is 33.3 Å². The van der Waals surface area contributed by atoms with Crippen LogP contribution in [0.25, 0.3) is 0 Å². The first-order valence-corrected chi connectivity index (χ1v) is 5.17. The van der Waals surface area contributed by atoms with Crippen molar-refractivity contribution in [1.82, 2.24) is 0 Å². The minimum atomic E-state index is -0.455. The van der Waals surface area contributed by atoms with E-state index in [4.69, 9.17) is 0 Å². The normalized spacial score (nSPS) is 9.50. The summed E-state index contributed by atoms with van der Waals surface area (Å²) in [5, 5.41) is 0. The van der Waals surface area contributed by atoms with E-state index < -0.39 is 5.54 Å². The summed E-state index contributed by atoms with van der Waals surface area (Å²) in [7, 11) is 0. The lowest BCUT2D eigenvalue weighted by molar-refractivity contribution is 0.523. The van der Waals surface area contributed by atoms with Gasteiger partial charge in [-0.2, -0.15) is 4.99 Å². The van der Waals surface area contributed by atoms with Gasteiger partial charge in [0.15, 0.2) is 0 Å². The van der Waals surface area contributed by atoms with Crippen LogP contribution in [-0.2, 0) is 10.3 Å². The van der Waals surface area contributed by atoms with E-state index in [0.717, 1.165) is 5.56 Å². The van der Waals surface area contributed by atoms with Gasteiger partial charge in [0.1, 0.15) is 0 Å². The fourth-order valence-corrected chi connectivity index (χ4v) is 1.02. The molecule has 0 unspecified atom stereocenters. The van der Waals surface area contributed by atoms with Gasteiger partial charge in [0.05, 0.1) is 5.54 Å². The molecule has 0 aromatic heterocycles. The zero-order valence-corrected chi connectivity index (χ0v) is 10.4. The predicted octanol–water partition coefficient (Wildman–Crippen LogP) is 3.84. The molecule has 0 atom stereocenters. The Morgan fingerprint density at radius 2 is 1.69 bits per heavy atom. The number of allylic oxidation sites excluding steroid dienone is 1. The zero-order chi connectivity index (χ0) is 12.6. The summed E-state index contributed by atoms with van der Waals surface area (Å²) in [6, 6.07) is 9.68. The molecule has 0 aliphatic heterocycles. The Morgan fingerprint density at radius 3 is 2.06 bits per heavy atom. The highest BCUT2D eigenvalue weighted by molar-refractivity contribution is 5.37. The second-order valence-corrected chi connectivity index (χ2v) is 4.34. The van der Waals surface area contributed by atoms with Gasteiger partial charge in [0.25, 0.3) is 0 Å². The molecule has 1 aromatic rings. The first kappa shape index (κ1) is 14.3. The van der Waals surface area contributed by atoms with Gasteiger partial charge in [0.2, 0.25) is 6.08 Å². The first-order chi connectivity index (χ1) is 7.40. The molecule has 0 N–H and O–H groups in total. The highest BCUT2D eigenvalue weighted by Gasteiger charge is 2.17. The van der Waals surface area contributed by atoms with Gasteiger partial charge >= 0.3 is 0 Å². The Labute approximate surface area is 97.7 Å².